The summed E-state index contributed by atoms with van der Waals surface area (Å²) < 4.78 is 0. The molecule has 0 spiro atoms. The van der Waals surface area contributed by atoms with E-state index in [1.54, 1.807) is 11.8 Å². The summed E-state index contributed by atoms with van der Waals surface area (Å²) in [6, 6.07) is 6.09. The molecular formula is C14H27NS. The molecule has 1 aromatic carbocycles. The van der Waals surface area contributed by atoms with Crippen molar-refractivity contribution in [1.82, 2.24) is 0 Å². The van der Waals surface area contributed by atoms with Gasteiger partial charge in [-0.3, -0.25) is 0 Å². The molecule has 0 amide bonds. The van der Waals surface area contributed by atoms with E-state index in [0.717, 1.165) is 5.69 Å². The first kappa shape index (κ1) is 17.8. The van der Waals surface area contributed by atoms with Crippen LogP contribution in [-0.2, 0) is 0 Å². The summed E-state index contributed by atoms with van der Waals surface area (Å²) in [5.41, 5.74) is 9.16. The summed E-state index contributed by atoms with van der Waals surface area (Å²) in [6.07, 6.45) is 4.08. The van der Waals surface area contributed by atoms with E-state index < -0.39 is 0 Å². The van der Waals surface area contributed by atoms with Crippen LogP contribution in [0.4, 0.5) is 5.69 Å². The Kier molecular flexibility index (Phi) is 12.1. The zero-order chi connectivity index (χ0) is 13.1. The van der Waals surface area contributed by atoms with Crippen molar-refractivity contribution in [1.29, 1.82) is 0 Å². The number of hydrogen-bond donors (Lipinski definition) is 1. The molecule has 0 aliphatic heterocycles. The zero-order valence-corrected chi connectivity index (χ0v) is 12.6. The molecule has 16 heavy (non-hydrogen) atoms. The second-order valence-corrected chi connectivity index (χ2v) is 4.50. The SMILES string of the molecule is CC.CSC.Cc1cc(N)ccc1C(C)C. The van der Waals surface area contributed by atoms with Crippen molar-refractivity contribution >= 4 is 17.4 Å². The van der Waals surface area contributed by atoms with Crippen LogP contribution in [-0.4, -0.2) is 12.5 Å². The predicted octanol–water partition coefficient (Wildman–Crippen LogP) is 4.71. The van der Waals surface area contributed by atoms with E-state index in [1.807, 2.05) is 38.5 Å². The molecule has 1 nitrogen and oxygen atoms in total. The number of benzene rings is 1. The first-order valence-corrected chi connectivity index (χ1v) is 7.42. The second kappa shape index (κ2) is 10.9. The van der Waals surface area contributed by atoms with Gasteiger partial charge in [0.2, 0.25) is 0 Å². The van der Waals surface area contributed by atoms with Crippen molar-refractivity contribution in [3.63, 3.8) is 0 Å². The third kappa shape index (κ3) is 7.63. The Bertz CT molecular complexity index is 269. The number of thioether (sulfide) groups is 1. The van der Waals surface area contributed by atoms with Gasteiger partial charge in [-0.15, -0.1) is 0 Å². The summed E-state index contributed by atoms with van der Waals surface area (Å²) in [5.74, 6) is 0.593. The van der Waals surface area contributed by atoms with E-state index >= 15 is 0 Å². The Balaban J connectivity index is 0. The summed E-state index contributed by atoms with van der Waals surface area (Å²) in [4.78, 5) is 0. The number of nitrogens with two attached hydrogens (primary N) is 1. The lowest BCUT2D eigenvalue weighted by atomic mass is 9.98. The molecule has 2 N–H and O–H groups in total. The van der Waals surface area contributed by atoms with Crippen LogP contribution < -0.4 is 5.73 Å². The summed E-state index contributed by atoms with van der Waals surface area (Å²) in [6.45, 7) is 10.5. The van der Waals surface area contributed by atoms with Crippen LogP contribution >= 0.6 is 11.8 Å². The van der Waals surface area contributed by atoms with Crippen LogP contribution in [0.25, 0.3) is 0 Å². The lowest BCUT2D eigenvalue weighted by Gasteiger charge is -2.09. The average Bonchev–Trinajstić information content (AvgIpc) is 2.21. The Morgan fingerprint density at radius 1 is 1.12 bits per heavy atom. The topological polar surface area (TPSA) is 26.0 Å². The third-order valence-corrected chi connectivity index (χ3v) is 1.92. The molecule has 0 aliphatic carbocycles. The van der Waals surface area contributed by atoms with E-state index in [9.17, 15) is 0 Å². The minimum absolute atomic E-state index is 0.593. The average molecular weight is 241 g/mol. The smallest absolute Gasteiger partial charge is 0.0316 e. The van der Waals surface area contributed by atoms with Crippen LogP contribution in [0.5, 0.6) is 0 Å². The highest BCUT2D eigenvalue weighted by Crippen LogP contribution is 2.20. The van der Waals surface area contributed by atoms with Crippen LogP contribution in [0.3, 0.4) is 0 Å². The zero-order valence-electron chi connectivity index (χ0n) is 11.8. The van der Waals surface area contributed by atoms with Gasteiger partial charge in [-0.1, -0.05) is 33.8 Å². The van der Waals surface area contributed by atoms with Gasteiger partial charge in [0, 0.05) is 5.69 Å². The third-order valence-electron chi connectivity index (χ3n) is 1.92. The fourth-order valence-corrected chi connectivity index (χ4v) is 1.35. The summed E-state index contributed by atoms with van der Waals surface area (Å²) in [5, 5.41) is 0. The molecule has 0 unspecified atom stereocenters. The molecule has 0 fully saturated rings. The second-order valence-electron chi connectivity index (χ2n) is 3.68. The molecule has 1 aromatic rings. The molecule has 0 heterocycles. The normalized spacial score (nSPS) is 8.75. The van der Waals surface area contributed by atoms with Crippen LogP contribution in [0.1, 0.15) is 44.7 Å². The van der Waals surface area contributed by atoms with E-state index in [1.165, 1.54) is 11.1 Å². The fourth-order valence-electron chi connectivity index (χ4n) is 1.35. The van der Waals surface area contributed by atoms with E-state index in [0.29, 0.717) is 5.92 Å². The number of nitrogen functional groups attached to an aromatic ring is 1. The van der Waals surface area contributed by atoms with Gasteiger partial charge in [0.25, 0.3) is 0 Å². The Morgan fingerprint density at radius 3 is 1.88 bits per heavy atom. The highest BCUT2D eigenvalue weighted by molar-refractivity contribution is 7.97. The predicted molar refractivity (Wildman–Crippen MR) is 80.5 cm³/mol. The standard InChI is InChI=1S/C10H15N.C2H6S.C2H6/c1-7(2)10-5-4-9(11)6-8(10)3;1-3-2;1-2/h4-7H,11H2,1-3H3;1-2H3;1-2H3. The summed E-state index contributed by atoms with van der Waals surface area (Å²) >= 11 is 1.75. The van der Waals surface area contributed by atoms with Crippen molar-refractivity contribution in [2.24, 2.45) is 0 Å². The van der Waals surface area contributed by atoms with Crippen molar-refractivity contribution in [3.05, 3.63) is 29.3 Å². The molecule has 2 heteroatoms. The summed E-state index contributed by atoms with van der Waals surface area (Å²) in [7, 11) is 0. The maximum atomic E-state index is 5.63. The number of rotatable bonds is 1. The quantitative estimate of drug-likeness (QED) is 0.721. The van der Waals surface area contributed by atoms with Gasteiger partial charge in [-0.25, -0.2) is 0 Å². The number of aryl methyl sites for hydroxylation is 1. The Labute approximate surface area is 106 Å². The van der Waals surface area contributed by atoms with Crippen molar-refractivity contribution in [2.45, 2.75) is 40.5 Å². The van der Waals surface area contributed by atoms with Gasteiger partial charge in [0.1, 0.15) is 0 Å². The molecule has 0 bridgehead atoms. The minimum atomic E-state index is 0.593. The van der Waals surface area contributed by atoms with Gasteiger partial charge in [-0.2, -0.15) is 11.8 Å². The molecule has 0 atom stereocenters. The molecule has 0 aliphatic rings. The van der Waals surface area contributed by atoms with Crippen molar-refractivity contribution in [2.75, 3.05) is 18.2 Å². The van der Waals surface area contributed by atoms with Gasteiger partial charge in [-0.05, 0) is 48.6 Å². The molecule has 0 radical (unpaired) electrons. The largest absolute Gasteiger partial charge is 0.399 e. The number of anilines is 1. The maximum absolute atomic E-state index is 5.63. The lowest BCUT2D eigenvalue weighted by molar-refractivity contribution is 0.857. The highest BCUT2D eigenvalue weighted by Gasteiger charge is 2.01. The van der Waals surface area contributed by atoms with Crippen molar-refractivity contribution in [3.8, 4) is 0 Å². The van der Waals surface area contributed by atoms with Gasteiger partial charge in [0.15, 0.2) is 0 Å². The molecular weight excluding hydrogens is 214 g/mol. The van der Waals surface area contributed by atoms with E-state index in [4.69, 9.17) is 5.73 Å². The Morgan fingerprint density at radius 2 is 1.56 bits per heavy atom. The van der Waals surface area contributed by atoms with Crippen molar-refractivity contribution < 1.29 is 0 Å². The van der Waals surface area contributed by atoms with Gasteiger partial charge < -0.3 is 5.73 Å². The van der Waals surface area contributed by atoms with Crippen LogP contribution in [0.2, 0.25) is 0 Å². The molecule has 0 saturated heterocycles. The maximum Gasteiger partial charge on any atom is 0.0316 e. The number of hydrogen-bond acceptors (Lipinski definition) is 2. The molecule has 94 valence electrons. The highest BCUT2D eigenvalue weighted by atomic mass is 32.2. The monoisotopic (exact) mass is 241 g/mol. The van der Waals surface area contributed by atoms with Gasteiger partial charge in [0.05, 0.1) is 0 Å². The van der Waals surface area contributed by atoms with Gasteiger partial charge >= 0.3 is 0 Å². The Hall–Kier alpha value is -0.630. The minimum Gasteiger partial charge on any atom is -0.399 e. The fraction of sp³-hybridized carbons (Fsp3) is 0.571. The van der Waals surface area contributed by atoms with Crippen LogP contribution in [0.15, 0.2) is 18.2 Å². The first-order valence-electron chi connectivity index (χ1n) is 5.79. The molecule has 1 rings (SSSR count). The molecule has 0 saturated carbocycles. The van der Waals surface area contributed by atoms with E-state index in [2.05, 4.69) is 26.8 Å². The van der Waals surface area contributed by atoms with Crippen LogP contribution in [0, 0.1) is 6.92 Å². The lowest BCUT2D eigenvalue weighted by Crippen LogP contribution is -1.93. The molecule has 0 aromatic heterocycles. The van der Waals surface area contributed by atoms with E-state index in [-0.39, 0.29) is 0 Å². The first-order chi connectivity index (χ1) is 7.52.